The maximum absolute atomic E-state index is 13.5. The molecule has 9 heteroatoms. The number of ether oxygens (including phenoxy) is 1. The standard InChI is InChI=1S/C24H23ClFN5O2/c1-33-22-12-18-15(24(28-13-27-18)29-14-7-8-17(26)16(25)10-14)11-19(22)30-23(32)6-3-9-31-20-4-2-5-21(20)31/h3,6-8,10-13,20-21H,2,4-5,9H2,1H3,(H,30,32)(H,27,28,29)/b6-3+. The number of anilines is 3. The van der Waals surface area contributed by atoms with Crippen LogP contribution in [0.25, 0.3) is 10.9 Å². The third-order valence-electron chi connectivity index (χ3n) is 6.19. The van der Waals surface area contributed by atoms with E-state index in [0.717, 1.165) is 6.54 Å². The van der Waals surface area contributed by atoms with Crippen molar-refractivity contribution < 1.29 is 13.9 Å². The highest BCUT2D eigenvalue weighted by Crippen LogP contribution is 2.41. The van der Waals surface area contributed by atoms with Crippen molar-refractivity contribution in [3.05, 3.63) is 59.7 Å². The minimum absolute atomic E-state index is 0.00548. The van der Waals surface area contributed by atoms with Crippen LogP contribution < -0.4 is 15.4 Å². The van der Waals surface area contributed by atoms with Gasteiger partial charge in [0.15, 0.2) is 0 Å². The zero-order valence-electron chi connectivity index (χ0n) is 18.0. The fraction of sp³-hybridized carbons (Fsp3) is 0.292. The van der Waals surface area contributed by atoms with Crippen LogP contribution in [0.2, 0.25) is 5.02 Å². The second kappa shape index (κ2) is 8.96. The van der Waals surface area contributed by atoms with Gasteiger partial charge >= 0.3 is 0 Å². The van der Waals surface area contributed by atoms with Gasteiger partial charge in [-0.2, -0.15) is 0 Å². The summed E-state index contributed by atoms with van der Waals surface area (Å²) in [6, 6.07) is 9.22. The fourth-order valence-electron chi connectivity index (χ4n) is 4.53. The Morgan fingerprint density at radius 3 is 2.85 bits per heavy atom. The van der Waals surface area contributed by atoms with Gasteiger partial charge in [-0.15, -0.1) is 0 Å². The van der Waals surface area contributed by atoms with Crippen molar-refractivity contribution in [2.75, 3.05) is 24.3 Å². The Bertz CT molecular complexity index is 1240. The van der Waals surface area contributed by atoms with E-state index >= 15 is 0 Å². The first-order chi connectivity index (χ1) is 16.0. The molecule has 170 valence electrons. The zero-order valence-corrected chi connectivity index (χ0v) is 18.8. The summed E-state index contributed by atoms with van der Waals surface area (Å²) >= 11 is 5.89. The Hall–Kier alpha value is -3.23. The number of hydrogen-bond acceptors (Lipinski definition) is 6. The number of rotatable bonds is 7. The van der Waals surface area contributed by atoms with E-state index < -0.39 is 5.82 Å². The van der Waals surface area contributed by atoms with E-state index in [2.05, 4.69) is 25.5 Å². The van der Waals surface area contributed by atoms with Crippen molar-refractivity contribution in [2.24, 2.45) is 0 Å². The van der Waals surface area contributed by atoms with Crippen LogP contribution in [0, 0.1) is 5.82 Å². The highest BCUT2D eigenvalue weighted by Gasteiger charge is 2.49. The first kappa shape index (κ1) is 21.6. The fourth-order valence-corrected chi connectivity index (χ4v) is 4.71. The van der Waals surface area contributed by atoms with Gasteiger partial charge in [-0.05, 0) is 37.1 Å². The summed E-state index contributed by atoms with van der Waals surface area (Å²) in [4.78, 5) is 23.6. The predicted molar refractivity (Wildman–Crippen MR) is 127 cm³/mol. The van der Waals surface area contributed by atoms with E-state index in [1.807, 2.05) is 6.08 Å². The molecule has 1 aromatic heterocycles. The molecule has 1 aliphatic heterocycles. The number of hydrogen-bond donors (Lipinski definition) is 2. The molecule has 2 aliphatic rings. The number of carbonyl (C=O) groups excluding carboxylic acids is 1. The van der Waals surface area contributed by atoms with Gasteiger partial charge in [-0.25, -0.2) is 14.4 Å². The highest BCUT2D eigenvalue weighted by atomic mass is 35.5. The molecule has 0 radical (unpaired) electrons. The van der Waals surface area contributed by atoms with E-state index in [1.165, 1.54) is 44.8 Å². The lowest BCUT2D eigenvalue weighted by Crippen LogP contribution is -2.11. The normalized spacial score (nSPS) is 21.2. The van der Waals surface area contributed by atoms with Crippen LogP contribution in [-0.2, 0) is 4.79 Å². The van der Waals surface area contributed by atoms with Crippen LogP contribution in [0.15, 0.2) is 48.8 Å². The Morgan fingerprint density at radius 2 is 2.09 bits per heavy atom. The van der Waals surface area contributed by atoms with Gasteiger partial charge in [-0.1, -0.05) is 24.1 Å². The molecule has 2 unspecified atom stereocenters. The van der Waals surface area contributed by atoms with Crippen LogP contribution in [0.5, 0.6) is 5.75 Å². The lowest BCUT2D eigenvalue weighted by atomic mass is 10.1. The topological polar surface area (TPSA) is 79.2 Å². The van der Waals surface area contributed by atoms with Crippen LogP contribution in [0.1, 0.15) is 19.3 Å². The molecule has 33 heavy (non-hydrogen) atoms. The van der Waals surface area contributed by atoms with Gasteiger partial charge in [-0.3, -0.25) is 9.69 Å². The van der Waals surface area contributed by atoms with Gasteiger partial charge in [0.2, 0.25) is 5.91 Å². The van der Waals surface area contributed by atoms with Crippen LogP contribution in [0.3, 0.4) is 0 Å². The van der Waals surface area contributed by atoms with Crippen molar-refractivity contribution in [3.63, 3.8) is 0 Å². The summed E-state index contributed by atoms with van der Waals surface area (Å²) in [5, 5.41) is 6.68. The molecule has 3 aromatic rings. The number of likely N-dealkylation sites (tertiary alicyclic amines) is 1. The number of methoxy groups -OCH3 is 1. The van der Waals surface area contributed by atoms with E-state index in [1.54, 1.807) is 24.3 Å². The number of fused-ring (bicyclic) bond motifs is 2. The third kappa shape index (κ3) is 4.49. The summed E-state index contributed by atoms with van der Waals surface area (Å²) < 4.78 is 19.0. The van der Waals surface area contributed by atoms with Crippen molar-refractivity contribution in [1.29, 1.82) is 0 Å². The molecule has 1 amide bonds. The number of amides is 1. The molecule has 1 saturated carbocycles. The maximum Gasteiger partial charge on any atom is 0.248 e. The molecule has 2 N–H and O–H groups in total. The summed E-state index contributed by atoms with van der Waals surface area (Å²) in [7, 11) is 1.53. The number of nitrogens with zero attached hydrogens (tertiary/aromatic N) is 3. The van der Waals surface area contributed by atoms with Gasteiger partial charge in [0.05, 0.1) is 23.3 Å². The Morgan fingerprint density at radius 1 is 1.27 bits per heavy atom. The molecular formula is C24H23ClFN5O2. The second-order valence-corrected chi connectivity index (χ2v) is 8.61. The monoisotopic (exact) mass is 467 g/mol. The van der Waals surface area contributed by atoms with Crippen molar-refractivity contribution >= 4 is 45.6 Å². The molecular weight excluding hydrogens is 445 g/mol. The van der Waals surface area contributed by atoms with Crippen LogP contribution >= 0.6 is 11.6 Å². The number of aromatic nitrogens is 2. The molecule has 2 fully saturated rings. The van der Waals surface area contributed by atoms with Crippen LogP contribution in [0.4, 0.5) is 21.6 Å². The van der Waals surface area contributed by atoms with E-state index in [-0.39, 0.29) is 10.9 Å². The molecule has 1 saturated heterocycles. The summed E-state index contributed by atoms with van der Waals surface area (Å²) in [5.74, 6) is 0.235. The molecule has 2 aromatic carbocycles. The molecule has 2 atom stereocenters. The lowest BCUT2D eigenvalue weighted by Gasteiger charge is -2.13. The molecule has 0 spiro atoms. The van der Waals surface area contributed by atoms with Gasteiger partial charge in [0, 0.05) is 41.8 Å². The average molecular weight is 468 g/mol. The van der Waals surface area contributed by atoms with Gasteiger partial charge in [0.25, 0.3) is 0 Å². The molecule has 7 nitrogen and oxygen atoms in total. The van der Waals surface area contributed by atoms with E-state index in [9.17, 15) is 9.18 Å². The number of nitrogens with one attached hydrogen (secondary N) is 2. The SMILES string of the molecule is COc1cc2ncnc(Nc3ccc(F)c(Cl)c3)c2cc1NC(=O)/C=C/CN1C2CCCC21. The minimum Gasteiger partial charge on any atom is -0.494 e. The Kier molecular flexibility index (Phi) is 5.86. The van der Waals surface area contributed by atoms with Crippen molar-refractivity contribution in [3.8, 4) is 5.75 Å². The van der Waals surface area contributed by atoms with Crippen molar-refractivity contribution in [1.82, 2.24) is 14.9 Å². The second-order valence-electron chi connectivity index (χ2n) is 8.20. The average Bonchev–Trinajstić information content (AvgIpc) is 3.22. The zero-order chi connectivity index (χ0) is 22.9. The first-order valence-electron chi connectivity index (χ1n) is 10.8. The molecule has 5 rings (SSSR count). The number of benzene rings is 2. The lowest BCUT2D eigenvalue weighted by molar-refractivity contribution is -0.111. The molecule has 1 aliphatic carbocycles. The smallest absolute Gasteiger partial charge is 0.248 e. The maximum atomic E-state index is 13.5. The van der Waals surface area contributed by atoms with Crippen LogP contribution in [-0.4, -0.2) is 46.5 Å². The molecule has 0 bridgehead atoms. The third-order valence-corrected chi connectivity index (χ3v) is 6.48. The number of carbonyl (C=O) groups is 1. The summed E-state index contributed by atoms with van der Waals surface area (Å²) in [6.07, 6.45) is 8.71. The first-order valence-corrected chi connectivity index (χ1v) is 11.2. The Balaban J connectivity index is 1.35. The van der Waals surface area contributed by atoms with E-state index in [0.29, 0.717) is 45.9 Å². The number of piperidine rings is 1. The quantitative estimate of drug-likeness (QED) is 0.380. The Labute approximate surface area is 195 Å². The van der Waals surface area contributed by atoms with Gasteiger partial charge in [0.1, 0.15) is 23.7 Å². The molecule has 2 heterocycles. The predicted octanol–water partition coefficient (Wildman–Crippen LogP) is 4.91. The minimum atomic E-state index is -0.501. The van der Waals surface area contributed by atoms with Crippen molar-refractivity contribution in [2.45, 2.75) is 31.3 Å². The highest BCUT2D eigenvalue weighted by molar-refractivity contribution is 6.31. The summed E-state index contributed by atoms with van der Waals surface area (Å²) in [5.41, 5.74) is 1.70. The largest absolute Gasteiger partial charge is 0.494 e. The number of halogens is 2. The van der Waals surface area contributed by atoms with Gasteiger partial charge < -0.3 is 15.4 Å². The summed E-state index contributed by atoms with van der Waals surface area (Å²) in [6.45, 7) is 0.791. The van der Waals surface area contributed by atoms with E-state index in [4.69, 9.17) is 16.3 Å².